The summed E-state index contributed by atoms with van der Waals surface area (Å²) in [6, 6.07) is 5.77. The van der Waals surface area contributed by atoms with E-state index < -0.39 is 5.60 Å². The van der Waals surface area contributed by atoms with Crippen LogP contribution in [0.2, 0.25) is 0 Å². The first-order chi connectivity index (χ1) is 18.0. The van der Waals surface area contributed by atoms with E-state index in [4.69, 9.17) is 4.74 Å². The van der Waals surface area contributed by atoms with Gasteiger partial charge in [-0.05, 0) is 117 Å². The maximum atomic E-state index is 14.2. The van der Waals surface area contributed by atoms with E-state index in [1.54, 1.807) is 11.8 Å². The van der Waals surface area contributed by atoms with Gasteiger partial charge >= 0.3 is 0 Å². The first-order valence-electron chi connectivity index (χ1n) is 15.1. The zero-order chi connectivity index (χ0) is 27.0. The number of ketones is 1. The predicted octanol–water partition coefficient (Wildman–Crippen LogP) is 6.30. The number of benzene rings is 1. The molecule has 6 nitrogen and oxygen atoms in total. The van der Waals surface area contributed by atoms with Crippen molar-refractivity contribution in [2.45, 2.75) is 98.1 Å². The Morgan fingerprint density at radius 2 is 1.89 bits per heavy atom. The SMILES string of the molecule is COc1ccc2c(c1)nnn2CC(=O)C1C(C(C)C)C[C@H]2[C@@H]3CC[C@H]4C[C@](C)(O)CC[C@]4(C)[C@H]3CC[C@]12C. The average Bonchev–Trinajstić information content (AvgIpc) is 3.42. The molecule has 0 bridgehead atoms. The van der Waals surface area contributed by atoms with Gasteiger partial charge in [-0.25, -0.2) is 4.68 Å². The third-order valence-electron chi connectivity index (χ3n) is 12.3. The number of hydrogen-bond donors (Lipinski definition) is 1. The van der Waals surface area contributed by atoms with Crippen molar-refractivity contribution in [3.05, 3.63) is 18.2 Å². The van der Waals surface area contributed by atoms with Gasteiger partial charge in [0.1, 0.15) is 17.8 Å². The summed E-state index contributed by atoms with van der Waals surface area (Å²) in [6.45, 7) is 12.0. The molecule has 0 saturated heterocycles. The Morgan fingerprint density at radius 3 is 2.63 bits per heavy atom. The van der Waals surface area contributed by atoms with Crippen LogP contribution >= 0.6 is 0 Å². The fourth-order valence-electron chi connectivity index (χ4n) is 10.2. The van der Waals surface area contributed by atoms with E-state index in [1.807, 2.05) is 25.1 Å². The number of rotatable bonds is 5. The summed E-state index contributed by atoms with van der Waals surface area (Å²) >= 11 is 0. The molecular weight excluding hydrogens is 474 g/mol. The van der Waals surface area contributed by atoms with Crippen LogP contribution in [0.5, 0.6) is 5.75 Å². The van der Waals surface area contributed by atoms with Crippen LogP contribution in [-0.2, 0) is 11.3 Å². The molecule has 6 heteroatoms. The number of hydrogen-bond acceptors (Lipinski definition) is 5. The van der Waals surface area contributed by atoms with Crippen molar-refractivity contribution in [1.29, 1.82) is 0 Å². The second kappa shape index (κ2) is 9.04. The van der Waals surface area contributed by atoms with Crippen molar-refractivity contribution in [2.24, 2.45) is 52.3 Å². The summed E-state index contributed by atoms with van der Waals surface area (Å²) in [5.41, 5.74) is 1.55. The molecule has 38 heavy (non-hydrogen) atoms. The van der Waals surface area contributed by atoms with Crippen LogP contribution in [0.1, 0.15) is 86.0 Å². The summed E-state index contributed by atoms with van der Waals surface area (Å²) in [5.74, 6) is 4.75. The summed E-state index contributed by atoms with van der Waals surface area (Å²) in [5, 5.41) is 19.6. The lowest BCUT2D eigenvalue weighted by molar-refractivity contribution is -0.151. The average molecular weight is 522 g/mol. The Hall–Kier alpha value is -1.95. The molecule has 1 aromatic heterocycles. The van der Waals surface area contributed by atoms with Crippen molar-refractivity contribution < 1.29 is 14.6 Å². The van der Waals surface area contributed by atoms with Crippen LogP contribution < -0.4 is 4.74 Å². The number of ether oxygens (including phenoxy) is 1. The highest BCUT2D eigenvalue weighted by atomic mass is 16.5. The van der Waals surface area contributed by atoms with E-state index in [2.05, 4.69) is 38.0 Å². The largest absolute Gasteiger partial charge is 0.497 e. The molecule has 0 aliphatic heterocycles. The number of nitrogens with zero attached hydrogens (tertiary/aromatic N) is 3. The van der Waals surface area contributed by atoms with E-state index in [0.29, 0.717) is 47.3 Å². The predicted molar refractivity (Wildman–Crippen MR) is 149 cm³/mol. The lowest BCUT2D eigenvalue weighted by Crippen LogP contribution is -2.55. The van der Waals surface area contributed by atoms with Gasteiger partial charge in [-0.3, -0.25) is 4.79 Å². The number of aliphatic hydroxyl groups is 1. The van der Waals surface area contributed by atoms with E-state index >= 15 is 0 Å². The molecule has 1 heterocycles. The number of carbonyl (C=O) groups is 1. The standard InChI is InChI=1S/C32H47N3O3/c1-19(2)23-16-25-22-9-7-20-17-30(3,37)13-14-31(20,4)24(22)11-12-32(25,5)29(23)28(36)18-35-27-10-8-21(38-6)15-26(27)33-34-35/h8,10,15,19-20,22-25,29,37H,7,9,11-14,16-18H2,1-6H3/t20-,22+,23?,24-,25-,29?,30+,31-,32-/m0/s1. The van der Waals surface area contributed by atoms with Crippen molar-refractivity contribution in [3.63, 3.8) is 0 Å². The normalized spacial score (nSPS) is 42.5. The fraction of sp³-hybridized carbons (Fsp3) is 0.781. The lowest BCUT2D eigenvalue weighted by Gasteiger charge is -2.61. The van der Waals surface area contributed by atoms with Gasteiger partial charge in [0.15, 0.2) is 5.78 Å². The number of fused-ring (bicyclic) bond motifs is 6. The Kier molecular flexibility index (Phi) is 6.25. The van der Waals surface area contributed by atoms with Gasteiger partial charge < -0.3 is 9.84 Å². The molecule has 1 aromatic carbocycles. The summed E-state index contributed by atoms with van der Waals surface area (Å²) in [4.78, 5) is 14.2. The van der Waals surface area contributed by atoms with Gasteiger partial charge in [-0.1, -0.05) is 32.9 Å². The molecule has 6 rings (SSSR count). The van der Waals surface area contributed by atoms with Crippen LogP contribution in [-0.4, -0.2) is 38.6 Å². The van der Waals surface area contributed by atoms with Gasteiger partial charge in [0, 0.05) is 12.0 Å². The van der Waals surface area contributed by atoms with Crippen molar-refractivity contribution >= 4 is 16.8 Å². The van der Waals surface area contributed by atoms with Gasteiger partial charge in [0.05, 0.1) is 18.2 Å². The quantitative estimate of drug-likeness (QED) is 0.500. The van der Waals surface area contributed by atoms with Gasteiger partial charge in [0.25, 0.3) is 0 Å². The third-order valence-corrected chi connectivity index (χ3v) is 12.3. The Morgan fingerprint density at radius 1 is 1.11 bits per heavy atom. The Bertz CT molecular complexity index is 1220. The molecular formula is C32H47N3O3. The van der Waals surface area contributed by atoms with Crippen LogP contribution in [0, 0.1) is 52.3 Å². The fourth-order valence-corrected chi connectivity index (χ4v) is 10.2. The minimum atomic E-state index is -0.496. The molecule has 4 fully saturated rings. The Balaban J connectivity index is 1.28. The molecule has 1 N–H and O–H groups in total. The van der Waals surface area contributed by atoms with Crippen molar-refractivity contribution in [2.75, 3.05) is 7.11 Å². The molecule has 4 saturated carbocycles. The zero-order valence-electron chi connectivity index (χ0n) is 24.2. The first-order valence-corrected chi connectivity index (χ1v) is 15.1. The number of methoxy groups -OCH3 is 1. The molecule has 4 aliphatic carbocycles. The monoisotopic (exact) mass is 521 g/mol. The molecule has 0 radical (unpaired) electrons. The van der Waals surface area contributed by atoms with Crippen molar-refractivity contribution in [3.8, 4) is 5.75 Å². The highest BCUT2D eigenvalue weighted by Gasteiger charge is 2.64. The first kappa shape index (κ1) is 26.3. The molecule has 0 amide bonds. The van der Waals surface area contributed by atoms with Gasteiger partial charge in [-0.2, -0.15) is 0 Å². The van der Waals surface area contributed by atoms with Crippen LogP contribution in [0.15, 0.2) is 18.2 Å². The van der Waals surface area contributed by atoms with E-state index in [-0.39, 0.29) is 11.3 Å². The number of Topliss-reactive ketones (excluding diaryl/α,β-unsaturated/α-hetero) is 1. The van der Waals surface area contributed by atoms with Crippen LogP contribution in [0.4, 0.5) is 0 Å². The zero-order valence-corrected chi connectivity index (χ0v) is 24.2. The van der Waals surface area contributed by atoms with E-state index in [1.165, 1.54) is 25.7 Å². The van der Waals surface area contributed by atoms with Crippen molar-refractivity contribution in [1.82, 2.24) is 15.0 Å². The highest BCUT2D eigenvalue weighted by molar-refractivity contribution is 5.84. The molecule has 4 aliphatic rings. The Labute approximate surface area is 227 Å². The molecule has 2 aromatic rings. The number of aromatic nitrogens is 3. The summed E-state index contributed by atoms with van der Waals surface area (Å²) < 4.78 is 7.15. The second-order valence-corrected chi connectivity index (χ2v) is 14.6. The maximum Gasteiger partial charge on any atom is 0.158 e. The second-order valence-electron chi connectivity index (χ2n) is 14.6. The van der Waals surface area contributed by atoms with Gasteiger partial charge in [-0.15, -0.1) is 5.10 Å². The molecule has 0 spiro atoms. The summed E-state index contributed by atoms with van der Waals surface area (Å²) in [7, 11) is 1.65. The number of carbonyl (C=O) groups excluding carboxylic acids is 1. The topological polar surface area (TPSA) is 77.2 Å². The minimum absolute atomic E-state index is 0.0517. The van der Waals surface area contributed by atoms with E-state index in [9.17, 15) is 9.90 Å². The third kappa shape index (κ3) is 3.95. The molecule has 208 valence electrons. The lowest BCUT2D eigenvalue weighted by atomic mass is 9.44. The minimum Gasteiger partial charge on any atom is -0.497 e. The summed E-state index contributed by atoms with van der Waals surface area (Å²) in [6.07, 6.45) is 9.10. The van der Waals surface area contributed by atoms with Crippen LogP contribution in [0.25, 0.3) is 11.0 Å². The smallest absolute Gasteiger partial charge is 0.158 e. The van der Waals surface area contributed by atoms with E-state index in [0.717, 1.165) is 48.4 Å². The molecule has 2 unspecified atom stereocenters. The highest BCUT2D eigenvalue weighted by Crippen LogP contribution is 2.69. The van der Waals surface area contributed by atoms with Crippen LogP contribution in [0.3, 0.4) is 0 Å². The molecule has 9 atom stereocenters. The maximum absolute atomic E-state index is 14.2. The van der Waals surface area contributed by atoms with Gasteiger partial charge in [0.2, 0.25) is 0 Å².